The van der Waals surface area contributed by atoms with Gasteiger partial charge < -0.3 is 10.1 Å². The molecule has 0 radical (unpaired) electrons. The van der Waals surface area contributed by atoms with Crippen LogP contribution in [0.25, 0.3) is 0 Å². The van der Waals surface area contributed by atoms with Gasteiger partial charge in [-0.3, -0.25) is 5.10 Å². The predicted molar refractivity (Wildman–Crippen MR) is 69.4 cm³/mol. The van der Waals surface area contributed by atoms with Crippen molar-refractivity contribution in [3.05, 3.63) is 42.0 Å². The SMILES string of the molecule is CCOc1ccc(CNCCc2ncn[nH]2)cc1. The number of hydrogen-bond donors (Lipinski definition) is 2. The number of benzene rings is 1. The Bertz CT molecular complexity index is 439. The van der Waals surface area contributed by atoms with Gasteiger partial charge in [0, 0.05) is 19.5 Å². The molecule has 96 valence electrons. The van der Waals surface area contributed by atoms with Crippen molar-refractivity contribution in [2.45, 2.75) is 19.9 Å². The summed E-state index contributed by atoms with van der Waals surface area (Å²) in [5.74, 6) is 1.83. The van der Waals surface area contributed by atoms with Gasteiger partial charge in [-0.25, -0.2) is 4.98 Å². The van der Waals surface area contributed by atoms with Gasteiger partial charge in [0.25, 0.3) is 0 Å². The number of aromatic amines is 1. The summed E-state index contributed by atoms with van der Waals surface area (Å²) in [4.78, 5) is 4.07. The third-order valence-electron chi connectivity index (χ3n) is 2.57. The van der Waals surface area contributed by atoms with Gasteiger partial charge in [0.1, 0.15) is 17.9 Å². The van der Waals surface area contributed by atoms with E-state index in [9.17, 15) is 0 Å². The molecular weight excluding hydrogens is 228 g/mol. The Morgan fingerprint density at radius 2 is 2.11 bits per heavy atom. The molecule has 2 N–H and O–H groups in total. The zero-order valence-electron chi connectivity index (χ0n) is 10.5. The third kappa shape index (κ3) is 3.85. The van der Waals surface area contributed by atoms with Crippen molar-refractivity contribution < 1.29 is 4.74 Å². The normalized spacial score (nSPS) is 10.5. The van der Waals surface area contributed by atoms with Crippen molar-refractivity contribution in [1.82, 2.24) is 20.5 Å². The highest BCUT2D eigenvalue weighted by atomic mass is 16.5. The minimum atomic E-state index is 0.703. The third-order valence-corrected chi connectivity index (χ3v) is 2.57. The van der Waals surface area contributed by atoms with Crippen LogP contribution < -0.4 is 10.1 Å². The lowest BCUT2D eigenvalue weighted by Crippen LogP contribution is -2.17. The van der Waals surface area contributed by atoms with Gasteiger partial charge in [0.2, 0.25) is 0 Å². The van der Waals surface area contributed by atoms with Crippen LogP contribution in [0.4, 0.5) is 0 Å². The number of ether oxygens (including phenoxy) is 1. The van der Waals surface area contributed by atoms with Crippen LogP contribution in [0.2, 0.25) is 0 Å². The van der Waals surface area contributed by atoms with Gasteiger partial charge in [0.05, 0.1) is 6.61 Å². The first-order valence-electron chi connectivity index (χ1n) is 6.15. The van der Waals surface area contributed by atoms with Gasteiger partial charge in [-0.15, -0.1) is 0 Å². The molecule has 2 rings (SSSR count). The lowest BCUT2D eigenvalue weighted by atomic mass is 10.2. The van der Waals surface area contributed by atoms with E-state index in [-0.39, 0.29) is 0 Å². The summed E-state index contributed by atoms with van der Waals surface area (Å²) in [5, 5.41) is 10.0. The molecule has 5 heteroatoms. The Balaban J connectivity index is 1.69. The number of aromatic nitrogens is 3. The Kier molecular flexibility index (Phi) is 4.72. The van der Waals surface area contributed by atoms with Crippen molar-refractivity contribution in [1.29, 1.82) is 0 Å². The second-order valence-electron chi connectivity index (χ2n) is 3.94. The van der Waals surface area contributed by atoms with Crippen molar-refractivity contribution in [3.63, 3.8) is 0 Å². The van der Waals surface area contributed by atoms with Crippen molar-refractivity contribution in [2.75, 3.05) is 13.2 Å². The molecule has 0 bridgehead atoms. The minimum Gasteiger partial charge on any atom is -0.494 e. The second kappa shape index (κ2) is 6.76. The van der Waals surface area contributed by atoms with Crippen LogP contribution in [-0.2, 0) is 13.0 Å². The van der Waals surface area contributed by atoms with Crippen LogP contribution >= 0.6 is 0 Å². The highest BCUT2D eigenvalue weighted by Gasteiger charge is 1.97. The molecular formula is C13H18N4O. The molecule has 0 saturated carbocycles. The number of rotatable bonds is 7. The monoisotopic (exact) mass is 246 g/mol. The molecule has 0 fully saturated rings. The van der Waals surface area contributed by atoms with E-state index in [2.05, 4.69) is 32.6 Å². The smallest absolute Gasteiger partial charge is 0.137 e. The van der Waals surface area contributed by atoms with E-state index in [0.717, 1.165) is 31.1 Å². The van der Waals surface area contributed by atoms with Crippen LogP contribution in [0.1, 0.15) is 18.3 Å². The van der Waals surface area contributed by atoms with E-state index < -0.39 is 0 Å². The van der Waals surface area contributed by atoms with E-state index in [1.54, 1.807) is 0 Å². The number of nitrogens with zero attached hydrogens (tertiary/aromatic N) is 2. The molecule has 0 spiro atoms. The van der Waals surface area contributed by atoms with Gasteiger partial charge in [-0.1, -0.05) is 12.1 Å². The topological polar surface area (TPSA) is 62.8 Å². The average molecular weight is 246 g/mol. The standard InChI is InChI=1S/C13H18N4O/c1-2-18-12-5-3-11(4-6-12)9-14-8-7-13-15-10-16-17-13/h3-6,10,14H,2,7-9H2,1H3,(H,15,16,17). The summed E-state index contributed by atoms with van der Waals surface area (Å²) in [7, 11) is 0. The van der Waals surface area contributed by atoms with Crippen LogP contribution in [0, 0.1) is 0 Å². The fourth-order valence-electron chi connectivity index (χ4n) is 1.66. The number of H-pyrrole nitrogens is 1. The van der Waals surface area contributed by atoms with E-state index in [0.29, 0.717) is 6.61 Å². The molecule has 0 amide bonds. The lowest BCUT2D eigenvalue weighted by molar-refractivity contribution is 0.340. The lowest BCUT2D eigenvalue weighted by Gasteiger charge is -2.06. The van der Waals surface area contributed by atoms with Gasteiger partial charge in [0.15, 0.2) is 0 Å². The summed E-state index contributed by atoms with van der Waals surface area (Å²) in [6.07, 6.45) is 2.39. The zero-order chi connectivity index (χ0) is 12.6. The number of hydrogen-bond acceptors (Lipinski definition) is 4. The van der Waals surface area contributed by atoms with Crippen molar-refractivity contribution in [3.8, 4) is 5.75 Å². The molecule has 0 aliphatic carbocycles. The first kappa shape index (κ1) is 12.6. The van der Waals surface area contributed by atoms with Crippen molar-refractivity contribution >= 4 is 0 Å². The molecule has 5 nitrogen and oxygen atoms in total. The predicted octanol–water partition coefficient (Wildman–Crippen LogP) is 1.54. The largest absolute Gasteiger partial charge is 0.494 e. The highest BCUT2D eigenvalue weighted by molar-refractivity contribution is 5.27. The quantitative estimate of drug-likeness (QED) is 0.727. The van der Waals surface area contributed by atoms with Crippen LogP contribution in [0.3, 0.4) is 0 Å². The van der Waals surface area contributed by atoms with Gasteiger partial charge in [-0.05, 0) is 24.6 Å². The minimum absolute atomic E-state index is 0.703. The van der Waals surface area contributed by atoms with Crippen LogP contribution in [-0.4, -0.2) is 28.3 Å². The van der Waals surface area contributed by atoms with E-state index in [4.69, 9.17) is 4.74 Å². The molecule has 18 heavy (non-hydrogen) atoms. The summed E-state index contributed by atoms with van der Waals surface area (Å²) < 4.78 is 5.40. The summed E-state index contributed by atoms with van der Waals surface area (Å²) in [6, 6.07) is 8.15. The molecule has 0 aliphatic heterocycles. The molecule has 0 unspecified atom stereocenters. The molecule has 0 aliphatic rings. The number of nitrogens with one attached hydrogen (secondary N) is 2. The van der Waals surface area contributed by atoms with Gasteiger partial charge >= 0.3 is 0 Å². The first-order valence-corrected chi connectivity index (χ1v) is 6.15. The van der Waals surface area contributed by atoms with Gasteiger partial charge in [-0.2, -0.15) is 5.10 Å². The Morgan fingerprint density at radius 1 is 1.28 bits per heavy atom. The van der Waals surface area contributed by atoms with Crippen LogP contribution in [0.15, 0.2) is 30.6 Å². The highest BCUT2D eigenvalue weighted by Crippen LogP contribution is 2.11. The van der Waals surface area contributed by atoms with Crippen molar-refractivity contribution in [2.24, 2.45) is 0 Å². The molecule has 2 aromatic rings. The maximum atomic E-state index is 5.40. The molecule has 0 saturated heterocycles. The second-order valence-corrected chi connectivity index (χ2v) is 3.94. The maximum absolute atomic E-state index is 5.40. The molecule has 1 aromatic heterocycles. The summed E-state index contributed by atoms with van der Waals surface area (Å²) >= 11 is 0. The fourth-order valence-corrected chi connectivity index (χ4v) is 1.66. The fraction of sp³-hybridized carbons (Fsp3) is 0.385. The Hall–Kier alpha value is -1.88. The van der Waals surface area contributed by atoms with Crippen LogP contribution in [0.5, 0.6) is 5.75 Å². The molecule has 1 heterocycles. The van der Waals surface area contributed by atoms with E-state index in [1.807, 2.05) is 19.1 Å². The van der Waals surface area contributed by atoms with E-state index in [1.165, 1.54) is 11.9 Å². The Labute approximate surface area is 107 Å². The Morgan fingerprint density at radius 3 is 2.78 bits per heavy atom. The summed E-state index contributed by atoms with van der Waals surface area (Å²) in [6.45, 7) is 4.41. The first-order chi connectivity index (χ1) is 8.88. The average Bonchev–Trinajstić information content (AvgIpc) is 2.90. The zero-order valence-corrected chi connectivity index (χ0v) is 10.5. The maximum Gasteiger partial charge on any atom is 0.137 e. The van der Waals surface area contributed by atoms with E-state index >= 15 is 0 Å². The molecule has 0 atom stereocenters. The molecule has 1 aromatic carbocycles. The summed E-state index contributed by atoms with van der Waals surface area (Å²) in [5.41, 5.74) is 1.25.